The Labute approximate surface area is 172 Å². The van der Waals surface area contributed by atoms with Gasteiger partial charge in [0.2, 0.25) is 0 Å². The van der Waals surface area contributed by atoms with Crippen LogP contribution in [-0.4, -0.2) is 38.8 Å². The molecule has 0 fully saturated rings. The zero-order valence-electron chi connectivity index (χ0n) is 16.7. The number of hydrogen-bond donors (Lipinski definition) is 1. The molecule has 0 spiro atoms. The molecule has 1 aliphatic rings. The number of benzene rings is 2. The van der Waals surface area contributed by atoms with Crippen molar-refractivity contribution in [3.8, 4) is 0 Å². The summed E-state index contributed by atoms with van der Waals surface area (Å²) in [6, 6.07) is 15.8. The van der Waals surface area contributed by atoms with Gasteiger partial charge in [0, 0.05) is 25.2 Å². The normalized spacial score (nSPS) is 17.2. The smallest absolute Gasteiger partial charge is 0.264 e. The molecule has 5 nitrogen and oxygen atoms in total. The molecular weight excluding hydrogens is 389 g/mol. The van der Waals surface area contributed by atoms with Crippen LogP contribution in [-0.2, 0) is 16.6 Å². The predicted octanol–water partition coefficient (Wildman–Crippen LogP) is 3.80. The second-order valence-corrected chi connectivity index (χ2v) is 8.62. The van der Waals surface area contributed by atoms with Crippen LogP contribution in [0.15, 0.2) is 65.2 Å². The third kappa shape index (κ3) is 5.31. The fourth-order valence-electron chi connectivity index (χ4n) is 3.36. The minimum absolute atomic E-state index is 0.163. The summed E-state index contributed by atoms with van der Waals surface area (Å²) in [6.45, 7) is 7.07. The Kier molecular flexibility index (Phi) is 6.82. The number of nitrogens with one attached hydrogen (secondary N) is 1. The minimum atomic E-state index is -3.68. The Morgan fingerprint density at radius 1 is 1.07 bits per heavy atom. The highest BCUT2D eigenvalue weighted by molar-refractivity contribution is 8.00. The highest BCUT2D eigenvalue weighted by Gasteiger charge is 2.32. The zero-order valence-corrected chi connectivity index (χ0v) is 17.5. The van der Waals surface area contributed by atoms with Crippen LogP contribution >= 0.6 is 0 Å². The predicted molar refractivity (Wildman–Crippen MR) is 115 cm³/mol. The van der Waals surface area contributed by atoms with Gasteiger partial charge in [-0.1, -0.05) is 49.4 Å². The molecule has 29 heavy (non-hydrogen) atoms. The van der Waals surface area contributed by atoms with Crippen molar-refractivity contribution in [1.29, 1.82) is 0 Å². The van der Waals surface area contributed by atoms with E-state index in [9.17, 15) is 12.8 Å². The van der Waals surface area contributed by atoms with E-state index in [1.807, 2.05) is 18.2 Å². The standard InChI is InChI=1S/C22H26FN3O2S/c1-3-26(16-18-8-5-4-6-9-18)15-7-14-24-22-17(2)21(29(27,28)25-22)19-10-12-20(23)13-11-19/h4-6,8-13H,3,7,14-16H2,1-2H3,(H,24,25). The van der Waals surface area contributed by atoms with Crippen LogP contribution in [0.5, 0.6) is 0 Å². The second kappa shape index (κ2) is 9.33. The first-order chi connectivity index (χ1) is 13.9. The van der Waals surface area contributed by atoms with Crippen LogP contribution in [0.4, 0.5) is 4.39 Å². The van der Waals surface area contributed by atoms with E-state index in [2.05, 4.69) is 33.7 Å². The Balaban J connectivity index is 1.64. The molecule has 0 saturated heterocycles. The van der Waals surface area contributed by atoms with Crippen LogP contribution in [0.1, 0.15) is 31.4 Å². The summed E-state index contributed by atoms with van der Waals surface area (Å²) in [6.07, 6.45) is 0.824. The summed E-state index contributed by atoms with van der Waals surface area (Å²) in [4.78, 5) is 6.97. The molecule has 0 saturated carbocycles. The van der Waals surface area contributed by atoms with Crippen LogP contribution in [0.3, 0.4) is 0 Å². The summed E-state index contributed by atoms with van der Waals surface area (Å²) in [5.74, 6) is -0.0318. The fraction of sp³-hybridized carbons (Fsp3) is 0.318. The lowest BCUT2D eigenvalue weighted by Crippen LogP contribution is -2.26. The number of sulfonamides is 1. The molecule has 0 aromatic heterocycles. The quantitative estimate of drug-likeness (QED) is 0.667. The monoisotopic (exact) mass is 415 g/mol. The second-order valence-electron chi connectivity index (χ2n) is 7.00. The molecule has 2 aromatic rings. The summed E-state index contributed by atoms with van der Waals surface area (Å²) in [5.41, 5.74) is 2.29. The maximum Gasteiger partial charge on any atom is 0.264 e. The van der Waals surface area contributed by atoms with Gasteiger partial charge in [0.05, 0.1) is 0 Å². The van der Waals surface area contributed by atoms with Crippen LogP contribution in [0, 0.1) is 5.82 Å². The molecule has 2 aromatic carbocycles. The number of halogens is 1. The highest BCUT2D eigenvalue weighted by Crippen LogP contribution is 2.29. The van der Waals surface area contributed by atoms with E-state index in [4.69, 9.17) is 0 Å². The molecule has 154 valence electrons. The van der Waals surface area contributed by atoms with E-state index in [1.165, 1.54) is 29.8 Å². The number of hydrogen-bond acceptors (Lipinski definition) is 4. The number of aliphatic imine (C=N–C) groups is 1. The molecule has 0 aliphatic carbocycles. The Hall–Kier alpha value is -2.51. The van der Waals surface area contributed by atoms with Crippen molar-refractivity contribution in [2.45, 2.75) is 26.8 Å². The SMILES string of the molecule is CCN(CCCN=C1NS(=O)(=O)C(c2ccc(F)cc2)=C1C)Cc1ccccc1. The summed E-state index contributed by atoms with van der Waals surface area (Å²) in [7, 11) is -3.68. The largest absolute Gasteiger partial charge is 0.299 e. The third-order valence-corrected chi connectivity index (χ3v) is 6.44. The molecule has 1 aliphatic heterocycles. The molecular formula is C22H26FN3O2S. The Morgan fingerprint density at radius 3 is 2.41 bits per heavy atom. The number of amidine groups is 1. The lowest BCUT2D eigenvalue weighted by atomic mass is 10.1. The van der Waals surface area contributed by atoms with Crippen LogP contribution in [0.25, 0.3) is 4.91 Å². The average Bonchev–Trinajstić information content (AvgIpc) is 2.94. The molecule has 0 unspecified atom stereocenters. The van der Waals surface area contributed by atoms with Gasteiger partial charge in [-0.15, -0.1) is 0 Å². The average molecular weight is 416 g/mol. The lowest BCUT2D eigenvalue weighted by Gasteiger charge is -2.20. The Bertz CT molecular complexity index is 1000. The first-order valence-corrected chi connectivity index (χ1v) is 11.2. The molecule has 0 amide bonds. The van der Waals surface area contributed by atoms with E-state index in [0.29, 0.717) is 23.5 Å². The van der Waals surface area contributed by atoms with Gasteiger partial charge in [-0.2, -0.15) is 0 Å². The van der Waals surface area contributed by atoms with E-state index in [-0.39, 0.29) is 4.91 Å². The van der Waals surface area contributed by atoms with Gasteiger partial charge in [0.1, 0.15) is 16.6 Å². The van der Waals surface area contributed by atoms with E-state index < -0.39 is 15.8 Å². The molecule has 7 heteroatoms. The number of rotatable bonds is 8. The first kappa shape index (κ1) is 21.2. The highest BCUT2D eigenvalue weighted by atomic mass is 32.2. The maximum absolute atomic E-state index is 13.2. The Morgan fingerprint density at radius 2 is 1.76 bits per heavy atom. The molecule has 1 heterocycles. The van der Waals surface area contributed by atoms with Crippen molar-refractivity contribution in [3.05, 3.63) is 77.1 Å². The van der Waals surface area contributed by atoms with Crippen molar-refractivity contribution in [2.24, 2.45) is 4.99 Å². The third-order valence-electron chi connectivity index (χ3n) is 4.90. The van der Waals surface area contributed by atoms with Crippen LogP contribution in [0.2, 0.25) is 0 Å². The topological polar surface area (TPSA) is 61.8 Å². The maximum atomic E-state index is 13.2. The molecule has 0 bridgehead atoms. The lowest BCUT2D eigenvalue weighted by molar-refractivity contribution is 0.278. The summed E-state index contributed by atoms with van der Waals surface area (Å²) >= 11 is 0. The van der Waals surface area contributed by atoms with Crippen molar-refractivity contribution in [1.82, 2.24) is 9.62 Å². The van der Waals surface area contributed by atoms with Gasteiger partial charge in [-0.25, -0.2) is 12.8 Å². The summed E-state index contributed by atoms with van der Waals surface area (Å²) in [5, 5.41) is 0. The zero-order chi connectivity index (χ0) is 20.9. The van der Waals surface area contributed by atoms with Gasteiger partial charge in [-0.05, 0) is 43.1 Å². The van der Waals surface area contributed by atoms with Gasteiger partial charge in [0.15, 0.2) is 0 Å². The van der Waals surface area contributed by atoms with Gasteiger partial charge < -0.3 is 0 Å². The van der Waals surface area contributed by atoms with Crippen molar-refractivity contribution >= 4 is 20.8 Å². The van der Waals surface area contributed by atoms with E-state index in [0.717, 1.165) is 26.1 Å². The van der Waals surface area contributed by atoms with Crippen LogP contribution < -0.4 is 4.72 Å². The summed E-state index contributed by atoms with van der Waals surface area (Å²) < 4.78 is 40.7. The molecule has 3 rings (SSSR count). The van der Waals surface area contributed by atoms with Gasteiger partial charge >= 0.3 is 0 Å². The minimum Gasteiger partial charge on any atom is -0.299 e. The van der Waals surface area contributed by atoms with Gasteiger partial charge in [0.25, 0.3) is 10.0 Å². The fourth-order valence-corrected chi connectivity index (χ4v) is 4.88. The van der Waals surface area contributed by atoms with E-state index in [1.54, 1.807) is 6.92 Å². The molecule has 0 atom stereocenters. The van der Waals surface area contributed by atoms with Crippen molar-refractivity contribution < 1.29 is 12.8 Å². The van der Waals surface area contributed by atoms with Crippen molar-refractivity contribution in [2.75, 3.05) is 19.6 Å². The van der Waals surface area contributed by atoms with Gasteiger partial charge in [-0.3, -0.25) is 14.6 Å². The number of nitrogens with zero attached hydrogens (tertiary/aromatic N) is 2. The van der Waals surface area contributed by atoms with E-state index >= 15 is 0 Å². The molecule has 0 radical (unpaired) electrons. The molecule has 1 N–H and O–H groups in total. The van der Waals surface area contributed by atoms with Crippen molar-refractivity contribution in [3.63, 3.8) is 0 Å². The first-order valence-electron chi connectivity index (χ1n) is 9.71.